The number of nitro benzene ring substituents is 1. The molecule has 100 valence electrons. The maximum absolute atomic E-state index is 14.0. The van der Waals surface area contributed by atoms with Gasteiger partial charge in [0.05, 0.1) is 21.3 Å². The summed E-state index contributed by atoms with van der Waals surface area (Å²) in [6, 6.07) is 3.31. The number of aryl methyl sites for hydroxylation is 1. The molecule has 2 rings (SSSR count). The van der Waals surface area contributed by atoms with Crippen LogP contribution in [0.3, 0.4) is 0 Å². The highest BCUT2D eigenvalue weighted by atomic mass is 35.5. The van der Waals surface area contributed by atoms with Gasteiger partial charge in [0, 0.05) is 11.6 Å². The van der Waals surface area contributed by atoms with Gasteiger partial charge in [-0.15, -0.1) is 0 Å². The number of hydrogen-bond acceptors (Lipinski definition) is 5. The van der Waals surface area contributed by atoms with Crippen LogP contribution in [0.25, 0.3) is 11.3 Å². The molecule has 1 heterocycles. The molecule has 1 aromatic carbocycles. The normalized spacial score (nSPS) is 10.1. The predicted molar refractivity (Wildman–Crippen MR) is 68.5 cm³/mol. The molecule has 0 aliphatic heterocycles. The van der Waals surface area contributed by atoms with E-state index < -0.39 is 16.4 Å². The number of nitrogens with zero attached hydrogens (tertiary/aromatic N) is 4. The molecule has 2 aromatic rings. The maximum atomic E-state index is 14.0. The summed E-state index contributed by atoms with van der Waals surface area (Å²) in [5.74, 6) is -0.813. The number of halogens is 2. The lowest BCUT2D eigenvalue weighted by Crippen LogP contribution is -1.98. The van der Waals surface area contributed by atoms with Gasteiger partial charge in [0.2, 0.25) is 0 Å². The van der Waals surface area contributed by atoms with Gasteiger partial charge in [-0.1, -0.05) is 11.6 Å². The van der Waals surface area contributed by atoms with Crippen molar-refractivity contribution < 1.29 is 9.31 Å². The number of benzene rings is 1. The minimum atomic E-state index is -0.813. The number of nitro groups is 1. The van der Waals surface area contributed by atoms with Gasteiger partial charge < -0.3 is 0 Å². The lowest BCUT2D eigenvalue weighted by molar-refractivity contribution is -0.385. The summed E-state index contributed by atoms with van der Waals surface area (Å²) in [6.45, 7) is 1.60. The Morgan fingerprint density at radius 2 is 2.15 bits per heavy atom. The van der Waals surface area contributed by atoms with E-state index in [0.717, 1.165) is 12.1 Å². The van der Waals surface area contributed by atoms with Crippen molar-refractivity contribution in [3.8, 4) is 17.3 Å². The Kier molecular flexibility index (Phi) is 3.59. The molecule has 0 saturated carbocycles. The van der Waals surface area contributed by atoms with E-state index in [0.29, 0.717) is 5.69 Å². The van der Waals surface area contributed by atoms with Crippen molar-refractivity contribution in [2.24, 2.45) is 0 Å². The van der Waals surface area contributed by atoms with E-state index >= 15 is 0 Å². The van der Waals surface area contributed by atoms with Crippen molar-refractivity contribution in [2.75, 3.05) is 0 Å². The molecule has 0 radical (unpaired) electrons. The number of nitriles is 1. The van der Waals surface area contributed by atoms with Crippen LogP contribution in [0.2, 0.25) is 5.02 Å². The standard InChI is InChI=1S/C12H6ClFN4O2/c1-6-11(13)12(17-5-16-6)8-3-10(18(19)20)7(4-15)2-9(8)14/h2-3,5H,1H3. The third-order valence-corrected chi connectivity index (χ3v) is 3.07. The fraction of sp³-hybridized carbons (Fsp3) is 0.0833. The van der Waals surface area contributed by atoms with Crippen LogP contribution in [0.4, 0.5) is 10.1 Å². The quantitative estimate of drug-likeness (QED) is 0.626. The van der Waals surface area contributed by atoms with Crippen molar-refractivity contribution in [3.05, 3.63) is 50.7 Å². The van der Waals surface area contributed by atoms with Crippen LogP contribution in [0.15, 0.2) is 18.5 Å². The second-order valence-corrected chi connectivity index (χ2v) is 4.22. The Hall–Kier alpha value is -2.59. The Labute approximate surface area is 117 Å². The third kappa shape index (κ3) is 2.29. The highest BCUT2D eigenvalue weighted by Gasteiger charge is 2.21. The predicted octanol–water partition coefficient (Wildman–Crippen LogP) is 3.02. The average Bonchev–Trinajstić information content (AvgIpc) is 2.41. The van der Waals surface area contributed by atoms with E-state index in [4.69, 9.17) is 16.9 Å². The van der Waals surface area contributed by atoms with Crippen molar-refractivity contribution in [3.63, 3.8) is 0 Å². The number of rotatable bonds is 2. The summed E-state index contributed by atoms with van der Waals surface area (Å²) in [6.07, 6.45) is 1.18. The number of aromatic nitrogens is 2. The van der Waals surface area contributed by atoms with Gasteiger partial charge in [0.1, 0.15) is 23.8 Å². The summed E-state index contributed by atoms with van der Waals surface area (Å²) in [5.41, 5.74) is -0.548. The lowest BCUT2D eigenvalue weighted by Gasteiger charge is -2.07. The van der Waals surface area contributed by atoms with Gasteiger partial charge in [-0.2, -0.15) is 5.26 Å². The second kappa shape index (κ2) is 5.19. The van der Waals surface area contributed by atoms with E-state index in [2.05, 4.69) is 9.97 Å². The lowest BCUT2D eigenvalue weighted by atomic mass is 10.1. The minimum Gasteiger partial charge on any atom is -0.258 e. The van der Waals surface area contributed by atoms with Crippen molar-refractivity contribution in [2.45, 2.75) is 6.92 Å². The topological polar surface area (TPSA) is 92.7 Å². The molecular weight excluding hydrogens is 287 g/mol. The molecule has 0 atom stereocenters. The van der Waals surface area contributed by atoms with Crippen LogP contribution in [-0.4, -0.2) is 14.9 Å². The van der Waals surface area contributed by atoms with Crippen LogP contribution in [0.1, 0.15) is 11.3 Å². The highest BCUT2D eigenvalue weighted by Crippen LogP contribution is 2.33. The monoisotopic (exact) mass is 292 g/mol. The summed E-state index contributed by atoms with van der Waals surface area (Å²) in [4.78, 5) is 17.8. The molecule has 1 aromatic heterocycles. The molecule has 0 N–H and O–H groups in total. The van der Waals surface area contributed by atoms with E-state index in [-0.39, 0.29) is 21.8 Å². The van der Waals surface area contributed by atoms with E-state index in [9.17, 15) is 14.5 Å². The second-order valence-electron chi connectivity index (χ2n) is 3.84. The largest absolute Gasteiger partial charge is 0.287 e. The molecular formula is C12H6ClFN4O2. The molecule has 0 saturated heterocycles. The Morgan fingerprint density at radius 3 is 2.75 bits per heavy atom. The first-order valence-electron chi connectivity index (χ1n) is 5.31. The highest BCUT2D eigenvalue weighted by molar-refractivity contribution is 6.33. The first kappa shape index (κ1) is 13.8. The maximum Gasteiger partial charge on any atom is 0.287 e. The first-order chi connectivity index (χ1) is 9.45. The Morgan fingerprint density at radius 1 is 1.45 bits per heavy atom. The molecule has 0 aliphatic rings. The van der Waals surface area contributed by atoms with Gasteiger partial charge in [-0.3, -0.25) is 10.1 Å². The summed E-state index contributed by atoms with van der Waals surface area (Å²) in [7, 11) is 0. The average molecular weight is 293 g/mol. The molecule has 0 spiro atoms. The summed E-state index contributed by atoms with van der Waals surface area (Å²) >= 11 is 5.98. The molecule has 0 bridgehead atoms. The fourth-order valence-corrected chi connectivity index (χ4v) is 1.83. The molecule has 0 aliphatic carbocycles. The molecule has 0 fully saturated rings. The minimum absolute atomic E-state index is 0.0456. The number of hydrogen-bond donors (Lipinski definition) is 0. The van der Waals surface area contributed by atoms with E-state index in [1.807, 2.05) is 0 Å². The van der Waals surface area contributed by atoms with Crippen LogP contribution in [0, 0.1) is 34.2 Å². The smallest absolute Gasteiger partial charge is 0.258 e. The zero-order valence-electron chi connectivity index (χ0n) is 10.1. The van der Waals surface area contributed by atoms with Crippen LogP contribution >= 0.6 is 11.6 Å². The fourth-order valence-electron chi connectivity index (χ4n) is 1.63. The Balaban J connectivity index is 2.76. The molecule has 6 nitrogen and oxygen atoms in total. The van der Waals surface area contributed by atoms with Gasteiger partial charge in [-0.25, -0.2) is 14.4 Å². The van der Waals surface area contributed by atoms with Crippen LogP contribution < -0.4 is 0 Å². The van der Waals surface area contributed by atoms with Crippen LogP contribution in [-0.2, 0) is 0 Å². The van der Waals surface area contributed by atoms with Gasteiger partial charge in [0.25, 0.3) is 5.69 Å². The van der Waals surface area contributed by atoms with Gasteiger partial charge in [0.15, 0.2) is 0 Å². The molecule has 20 heavy (non-hydrogen) atoms. The molecule has 8 heteroatoms. The molecule has 0 amide bonds. The van der Waals surface area contributed by atoms with E-state index in [1.165, 1.54) is 6.33 Å². The van der Waals surface area contributed by atoms with Gasteiger partial charge >= 0.3 is 0 Å². The summed E-state index contributed by atoms with van der Waals surface area (Å²) in [5, 5.41) is 19.8. The van der Waals surface area contributed by atoms with Crippen molar-refractivity contribution in [1.82, 2.24) is 9.97 Å². The van der Waals surface area contributed by atoms with Crippen molar-refractivity contribution in [1.29, 1.82) is 5.26 Å². The zero-order chi connectivity index (χ0) is 14.9. The van der Waals surface area contributed by atoms with Gasteiger partial charge in [-0.05, 0) is 13.0 Å². The Bertz CT molecular complexity index is 758. The SMILES string of the molecule is Cc1ncnc(-c2cc([N+](=O)[O-])c(C#N)cc2F)c1Cl. The summed E-state index contributed by atoms with van der Waals surface area (Å²) < 4.78 is 14.0. The zero-order valence-corrected chi connectivity index (χ0v) is 10.8. The van der Waals surface area contributed by atoms with Crippen molar-refractivity contribution >= 4 is 17.3 Å². The first-order valence-corrected chi connectivity index (χ1v) is 5.69. The van der Waals surface area contributed by atoms with Crippen LogP contribution in [0.5, 0.6) is 0 Å². The molecule has 0 unspecified atom stereocenters. The van der Waals surface area contributed by atoms with E-state index in [1.54, 1.807) is 13.0 Å². The third-order valence-electron chi connectivity index (χ3n) is 2.62.